The molecule has 0 saturated carbocycles. The molecule has 0 aliphatic rings. The largest absolute Gasteiger partial charge is 0.466 e. The zero-order chi connectivity index (χ0) is 55.0. The van der Waals surface area contributed by atoms with Gasteiger partial charge < -0.3 is 20.3 Å². The zero-order valence-electron chi connectivity index (χ0n) is 51.8. The number of aliphatic hydroxyl groups is 2. The Morgan fingerprint density at radius 1 is 0.355 bits per heavy atom. The molecule has 2 atom stereocenters. The van der Waals surface area contributed by atoms with Crippen molar-refractivity contribution < 1.29 is 24.5 Å². The third-order valence-electron chi connectivity index (χ3n) is 16.6. The topological polar surface area (TPSA) is 95.9 Å². The summed E-state index contributed by atoms with van der Waals surface area (Å²) in [5.41, 5.74) is 0. The molecule has 452 valence electrons. The van der Waals surface area contributed by atoms with Gasteiger partial charge >= 0.3 is 5.97 Å². The van der Waals surface area contributed by atoms with Crippen LogP contribution in [-0.2, 0) is 14.3 Å². The predicted octanol–water partition coefficient (Wildman–Crippen LogP) is 22.4. The minimum Gasteiger partial charge on any atom is -0.466 e. The van der Waals surface area contributed by atoms with Gasteiger partial charge in [-0.3, -0.25) is 9.59 Å². The molecule has 0 aliphatic carbocycles. The minimum atomic E-state index is -0.841. The van der Waals surface area contributed by atoms with Crippen LogP contribution in [0.4, 0.5) is 0 Å². The number of hydrogen-bond acceptors (Lipinski definition) is 5. The van der Waals surface area contributed by atoms with E-state index < -0.39 is 12.1 Å². The van der Waals surface area contributed by atoms with Crippen LogP contribution in [0, 0.1) is 0 Å². The number of nitrogens with one attached hydrogen (secondary N) is 1. The first kappa shape index (κ1) is 74.6. The fourth-order valence-corrected chi connectivity index (χ4v) is 11.2. The summed E-state index contributed by atoms with van der Waals surface area (Å²) in [6.45, 7) is 4.95. The van der Waals surface area contributed by atoms with Gasteiger partial charge in [-0.1, -0.05) is 366 Å². The van der Waals surface area contributed by atoms with Crippen LogP contribution in [0.25, 0.3) is 0 Å². The number of rotatable bonds is 66. The van der Waals surface area contributed by atoms with Gasteiger partial charge in [-0.05, 0) is 32.1 Å². The van der Waals surface area contributed by atoms with Crippen LogP contribution in [0.5, 0.6) is 0 Å². The Kier molecular flexibility index (Phi) is 64.9. The van der Waals surface area contributed by atoms with Gasteiger partial charge in [0.05, 0.1) is 25.4 Å². The number of amides is 1. The molecule has 0 aromatic heterocycles. The van der Waals surface area contributed by atoms with E-state index in [4.69, 9.17) is 4.74 Å². The van der Waals surface area contributed by atoms with Gasteiger partial charge in [-0.2, -0.15) is 0 Å². The molecule has 0 bridgehead atoms. The number of unbranched alkanes of at least 4 members (excludes halogenated alkanes) is 55. The van der Waals surface area contributed by atoms with Crippen molar-refractivity contribution in [1.29, 1.82) is 0 Å². The highest BCUT2D eigenvalue weighted by Crippen LogP contribution is 2.19. The van der Waals surface area contributed by atoms with E-state index in [0.29, 0.717) is 19.4 Å². The molecule has 3 N–H and O–H groups in total. The van der Waals surface area contributed by atoms with Crippen molar-refractivity contribution in [2.75, 3.05) is 13.2 Å². The molecule has 0 radical (unpaired) electrons. The van der Waals surface area contributed by atoms with Gasteiger partial charge in [0.15, 0.2) is 0 Å². The number of carbonyl (C=O) groups is 2. The smallest absolute Gasteiger partial charge is 0.305 e. The second kappa shape index (κ2) is 66.1. The van der Waals surface area contributed by atoms with Crippen LogP contribution in [0.2, 0.25) is 0 Å². The average Bonchev–Trinajstić information content (AvgIpc) is 3.42. The lowest BCUT2D eigenvalue weighted by Gasteiger charge is -2.20. The van der Waals surface area contributed by atoms with E-state index in [9.17, 15) is 19.8 Å². The minimum absolute atomic E-state index is 0.0228. The molecule has 2 unspecified atom stereocenters. The number of allylic oxidation sites excluding steroid dienone is 1. The Morgan fingerprint density at radius 2 is 0.605 bits per heavy atom. The molecule has 0 heterocycles. The Morgan fingerprint density at radius 3 is 0.895 bits per heavy atom. The molecule has 0 aliphatic heterocycles. The molecular formula is C70H137NO5. The number of hydrogen-bond donors (Lipinski definition) is 3. The summed E-state index contributed by atoms with van der Waals surface area (Å²) in [4.78, 5) is 24.6. The van der Waals surface area contributed by atoms with Crippen LogP contribution in [0.1, 0.15) is 399 Å². The van der Waals surface area contributed by atoms with Crippen molar-refractivity contribution in [3.05, 3.63) is 12.2 Å². The van der Waals surface area contributed by atoms with Crippen LogP contribution in [0.15, 0.2) is 12.2 Å². The third kappa shape index (κ3) is 61.8. The van der Waals surface area contributed by atoms with Crippen LogP contribution >= 0.6 is 0 Å². The number of esters is 1. The SMILES string of the molecule is CCCCCCCCCCCCCCC/C=C/C(O)C(CO)NC(=O)CCCCCCCCCCCCCCCCCCCCCCCCCCCCCCOC(=O)CCCCCCCCCCCCCCCCCC. The first-order chi connectivity index (χ1) is 37.5. The highest BCUT2D eigenvalue weighted by molar-refractivity contribution is 5.76. The van der Waals surface area contributed by atoms with E-state index in [1.54, 1.807) is 6.08 Å². The number of carbonyl (C=O) groups excluding carboxylic acids is 2. The van der Waals surface area contributed by atoms with E-state index in [-0.39, 0.29) is 18.5 Å². The predicted molar refractivity (Wildman–Crippen MR) is 333 cm³/mol. The van der Waals surface area contributed by atoms with Crippen LogP contribution in [0.3, 0.4) is 0 Å². The lowest BCUT2D eigenvalue weighted by atomic mass is 10.0. The van der Waals surface area contributed by atoms with Gasteiger partial charge in [0, 0.05) is 12.8 Å². The zero-order valence-corrected chi connectivity index (χ0v) is 51.8. The second-order valence-electron chi connectivity index (χ2n) is 24.2. The first-order valence-electron chi connectivity index (χ1n) is 35.0. The molecule has 0 spiro atoms. The molecule has 6 nitrogen and oxygen atoms in total. The maximum absolute atomic E-state index is 12.5. The lowest BCUT2D eigenvalue weighted by molar-refractivity contribution is -0.143. The second-order valence-corrected chi connectivity index (χ2v) is 24.2. The summed E-state index contributed by atoms with van der Waals surface area (Å²) in [6.07, 6.45) is 81.5. The molecule has 0 aromatic rings. The summed E-state index contributed by atoms with van der Waals surface area (Å²) in [5.74, 6) is -0.0391. The molecule has 0 saturated heterocycles. The molecule has 0 aromatic carbocycles. The Hall–Kier alpha value is -1.40. The fourth-order valence-electron chi connectivity index (χ4n) is 11.2. The molecule has 0 fully saturated rings. The fraction of sp³-hybridized carbons (Fsp3) is 0.943. The van der Waals surface area contributed by atoms with Crippen molar-refractivity contribution in [3.63, 3.8) is 0 Å². The number of ether oxygens (including phenoxy) is 1. The highest BCUT2D eigenvalue weighted by Gasteiger charge is 2.18. The Labute approximate surface area is 476 Å². The van der Waals surface area contributed by atoms with Crippen molar-refractivity contribution >= 4 is 11.9 Å². The molecule has 0 rings (SSSR count). The molecule has 76 heavy (non-hydrogen) atoms. The van der Waals surface area contributed by atoms with Gasteiger partial charge in [-0.25, -0.2) is 0 Å². The van der Waals surface area contributed by atoms with Crippen molar-refractivity contribution in [1.82, 2.24) is 5.32 Å². The van der Waals surface area contributed by atoms with E-state index in [1.165, 1.54) is 334 Å². The van der Waals surface area contributed by atoms with Gasteiger partial charge in [-0.15, -0.1) is 0 Å². The normalized spacial score (nSPS) is 12.5. The molecule has 6 heteroatoms. The van der Waals surface area contributed by atoms with Gasteiger partial charge in [0.25, 0.3) is 0 Å². The summed E-state index contributed by atoms with van der Waals surface area (Å²) in [7, 11) is 0. The van der Waals surface area contributed by atoms with Crippen molar-refractivity contribution in [2.24, 2.45) is 0 Å². The van der Waals surface area contributed by atoms with Gasteiger partial charge in [0.1, 0.15) is 0 Å². The Balaban J connectivity index is 3.33. The highest BCUT2D eigenvalue weighted by atomic mass is 16.5. The third-order valence-corrected chi connectivity index (χ3v) is 16.6. The monoisotopic (exact) mass is 1070 g/mol. The maximum Gasteiger partial charge on any atom is 0.305 e. The van der Waals surface area contributed by atoms with E-state index in [1.807, 2.05) is 6.08 Å². The summed E-state index contributed by atoms with van der Waals surface area (Å²) >= 11 is 0. The van der Waals surface area contributed by atoms with E-state index >= 15 is 0 Å². The average molecular weight is 1070 g/mol. The van der Waals surface area contributed by atoms with Gasteiger partial charge in [0.2, 0.25) is 5.91 Å². The Bertz CT molecular complexity index is 1140. The van der Waals surface area contributed by atoms with Crippen molar-refractivity contribution in [2.45, 2.75) is 411 Å². The lowest BCUT2D eigenvalue weighted by Crippen LogP contribution is -2.45. The summed E-state index contributed by atoms with van der Waals surface area (Å²) in [5, 5.41) is 23.2. The van der Waals surface area contributed by atoms with E-state index in [2.05, 4.69) is 19.2 Å². The summed E-state index contributed by atoms with van der Waals surface area (Å²) in [6, 6.07) is -0.624. The van der Waals surface area contributed by atoms with Crippen molar-refractivity contribution in [3.8, 4) is 0 Å². The van der Waals surface area contributed by atoms with Crippen LogP contribution < -0.4 is 5.32 Å². The quantitative estimate of drug-likeness (QED) is 0.0320. The maximum atomic E-state index is 12.5. The first-order valence-corrected chi connectivity index (χ1v) is 35.0. The standard InChI is InChI=1S/C70H137NO5/c1-3-5-7-9-11-13-15-17-19-36-40-44-48-52-56-60-64-70(75)76-65-61-57-53-49-45-41-37-33-31-29-27-25-23-21-20-22-24-26-28-30-32-35-39-43-47-51-55-59-63-69(74)71-67(66-72)68(73)62-58-54-50-46-42-38-34-18-16-14-12-10-8-6-4-2/h58,62,67-68,72-73H,3-57,59-61,63-66H2,1-2H3,(H,71,74)/b62-58+. The van der Waals surface area contributed by atoms with Crippen LogP contribution in [-0.4, -0.2) is 47.4 Å². The van der Waals surface area contributed by atoms with E-state index in [0.717, 1.165) is 38.5 Å². The molecule has 1 amide bonds. The number of aliphatic hydroxyl groups excluding tert-OH is 2. The molecular weight excluding hydrogens is 935 g/mol. The summed E-state index contributed by atoms with van der Waals surface area (Å²) < 4.78 is 5.51.